The highest BCUT2D eigenvalue weighted by Gasteiger charge is 2.27. The van der Waals surface area contributed by atoms with Gasteiger partial charge in [0.2, 0.25) is 0 Å². The number of ether oxygens (including phenoxy) is 1. The zero-order valence-corrected chi connectivity index (χ0v) is 16.0. The van der Waals surface area contributed by atoms with Gasteiger partial charge in [-0.25, -0.2) is 0 Å². The Labute approximate surface area is 158 Å². The fraction of sp³-hybridized carbons (Fsp3) is 0.474. The van der Waals surface area contributed by atoms with E-state index < -0.39 is 0 Å². The lowest BCUT2D eigenvalue weighted by Crippen LogP contribution is -2.49. The first-order valence-corrected chi connectivity index (χ1v) is 9.32. The molecule has 0 bridgehead atoms. The first-order valence-electron chi connectivity index (χ1n) is 8.94. The van der Waals surface area contributed by atoms with Crippen LogP contribution in [0.1, 0.15) is 28.7 Å². The molecule has 1 amide bonds. The molecule has 7 heteroatoms. The molecule has 1 aromatic heterocycles. The van der Waals surface area contributed by atoms with E-state index in [2.05, 4.69) is 10.1 Å². The second-order valence-corrected chi connectivity index (χ2v) is 6.73. The highest BCUT2D eigenvalue weighted by Crippen LogP contribution is 2.23. The summed E-state index contributed by atoms with van der Waals surface area (Å²) in [6.45, 7) is 8.18. The van der Waals surface area contributed by atoms with Crippen LogP contribution in [-0.4, -0.2) is 60.2 Å². The average Bonchev–Trinajstić information content (AvgIpc) is 3.04. The summed E-state index contributed by atoms with van der Waals surface area (Å²) in [5.41, 5.74) is 1.37. The van der Waals surface area contributed by atoms with Crippen LogP contribution in [0.4, 0.5) is 0 Å². The van der Waals surface area contributed by atoms with Crippen LogP contribution in [0.15, 0.2) is 28.8 Å². The predicted molar refractivity (Wildman–Crippen MR) is 99.9 cm³/mol. The third-order valence-corrected chi connectivity index (χ3v) is 4.96. The quantitative estimate of drug-likeness (QED) is 0.774. The SMILES string of the molecule is CCc1noc(C)c1C(=O)N1CCN(CCOc2ccccc2Cl)CC1. The van der Waals surface area contributed by atoms with E-state index in [4.69, 9.17) is 20.9 Å². The zero-order valence-electron chi connectivity index (χ0n) is 15.2. The minimum absolute atomic E-state index is 0.0209. The number of carbonyl (C=O) groups is 1. The lowest BCUT2D eigenvalue weighted by atomic mass is 10.1. The molecule has 1 fully saturated rings. The Kier molecular flexibility index (Phi) is 6.16. The number of nitrogens with zero attached hydrogens (tertiary/aromatic N) is 3. The molecule has 140 valence electrons. The Morgan fingerprint density at radius 3 is 2.69 bits per heavy atom. The Balaban J connectivity index is 1.47. The smallest absolute Gasteiger partial charge is 0.259 e. The number of benzene rings is 1. The normalized spacial score (nSPS) is 15.3. The van der Waals surface area contributed by atoms with Gasteiger partial charge in [0, 0.05) is 32.7 Å². The van der Waals surface area contributed by atoms with Crippen LogP contribution < -0.4 is 4.74 Å². The molecule has 26 heavy (non-hydrogen) atoms. The maximum Gasteiger partial charge on any atom is 0.259 e. The molecule has 2 aromatic rings. The minimum atomic E-state index is 0.0209. The van der Waals surface area contributed by atoms with E-state index in [0.717, 1.165) is 25.3 Å². The fourth-order valence-corrected chi connectivity index (χ4v) is 3.30. The molecule has 6 nitrogen and oxygen atoms in total. The number of aromatic nitrogens is 1. The van der Waals surface area contributed by atoms with Crippen molar-refractivity contribution in [3.05, 3.63) is 46.3 Å². The summed E-state index contributed by atoms with van der Waals surface area (Å²) < 4.78 is 10.9. The van der Waals surface area contributed by atoms with Gasteiger partial charge in [-0.2, -0.15) is 0 Å². The van der Waals surface area contributed by atoms with E-state index in [9.17, 15) is 4.79 Å². The number of hydrogen-bond acceptors (Lipinski definition) is 5. The number of halogens is 1. The number of para-hydroxylation sites is 1. The van der Waals surface area contributed by atoms with E-state index in [1.165, 1.54) is 0 Å². The molecule has 0 aliphatic carbocycles. The molecule has 0 saturated carbocycles. The van der Waals surface area contributed by atoms with Crippen LogP contribution in [-0.2, 0) is 6.42 Å². The standard InChI is InChI=1S/C19H24ClN3O3/c1-3-16-18(14(2)26-21-16)19(24)23-10-8-22(9-11-23)12-13-25-17-7-5-4-6-15(17)20/h4-7H,3,8-13H2,1-2H3. The Bertz CT molecular complexity index is 754. The summed E-state index contributed by atoms with van der Waals surface area (Å²) in [7, 11) is 0. The summed E-state index contributed by atoms with van der Waals surface area (Å²) in [5.74, 6) is 1.33. The lowest BCUT2D eigenvalue weighted by Gasteiger charge is -2.34. The van der Waals surface area contributed by atoms with Crippen LogP contribution in [0, 0.1) is 6.92 Å². The predicted octanol–water partition coefficient (Wildman–Crippen LogP) is 3.04. The van der Waals surface area contributed by atoms with Crippen LogP contribution in [0.25, 0.3) is 0 Å². The molecule has 0 spiro atoms. The van der Waals surface area contributed by atoms with Crippen molar-refractivity contribution in [3.8, 4) is 5.75 Å². The molecular weight excluding hydrogens is 354 g/mol. The van der Waals surface area contributed by atoms with Gasteiger partial charge >= 0.3 is 0 Å². The molecular formula is C19H24ClN3O3. The van der Waals surface area contributed by atoms with Gasteiger partial charge in [0.15, 0.2) is 0 Å². The van der Waals surface area contributed by atoms with Gasteiger partial charge in [0.05, 0.1) is 10.7 Å². The second kappa shape index (κ2) is 8.56. The molecule has 0 unspecified atom stereocenters. The van der Waals surface area contributed by atoms with Crippen LogP contribution in [0.3, 0.4) is 0 Å². The molecule has 0 N–H and O–H groups in total. The average molecular weight is 378 g/mol. The highest BCUT2D eigenvalue weighted by molar-refractivity contribution is 6.32. The van der Waals surface area contributed by atoms with E-state index >= 15 is 0 Å². The van der Waals surface area contributed by atoms with Crippen molar-refractivity contribution in [2.45, 2.75) is 20.3 Å². The van der Waals surface area contributed by atoms with Crippen LogP contribution >= 0.6 is 11.6 Å². The molecule has 0 radical (unpaired) electrons. The van der Waals surface area contributed by atoms with Gasteiger partial charge in [0.25, 0.3) is 5.91 Å². The van der Waals surface area contributed by atoms with E-state index in [1.807, 2.05) is 36.1 Å². The summed E-state index contributed by atoms with van der Waals surface area (Å²) in [6, 6.07) is 7.47. The third-order valence-electron chi connectivity index (χ3n) is 4.64. The highest BCUT2D eigenvalue weighted by atomic mass is 35.5. The minimum Gasteiger partial charge on any atom is -0.491 e. The second-order valence-electron chi connectivity index (χ2n) is 6.33. The van der Waals surface area contributed by atoms with Crippen molar-refractivity contribution >= 4 is 17.5 Å². The lowest BCUT2D eigenvalue weighted by molar-refractivity contribution is 0.0618. The molecule has 1 aliphatic rings. The molecule has 1 aromatic carbocycles. The van der Waals surface area contributed by atoms with Gasteiger partial charge < -0.3 is 14.2 Å². The number of amides is 1. The van der Waals surface area contributed by atoms with Gasteiger partial charge in [-0.3, -0.25) is 9.69 Å². The Morgan fingerprint density at radius 2 is 2.00 bits per heavy atom. The van der Waals surface area contributed by atoms with E-state index in [0.29, 0.717) is 48.2 Å². The third kappa shape index (κ3) is 4.19. The van der Waals surface area contributed by atoms with E-state index in [-0.39, 0.29) is 5.91 Å². The molecule has 1 aliphatic heterocycles. The van der Waals surface area contributed by atoms with Gasteiger partial charge in [-0.05, 0) is 25.5 Å². The zero-order chi connectivity index (χ0) is 18.5. The van der Waals surface area contributed by atoms with E-state index in [1.54, 1.807) is 6.92 Å². The monoisotopic (exact) mass is 377 g/mol. The molecule has 3 rings (SSSR count). The molecule has 1 saturated heterocycles. The first-order chi connectivity index (χ1) is 12.6. The Hall–Kier alpha value is -2.05. The maximum absolute atomic E-state index is 12.8. The summed E-state index contributed by atoms with van der Waals surface area (Å²) in [6.07, 6.45) is 0.692. The summed E-state index contributed by atoms with van der Waals surface area (Å²) in [5, 5.41) is 4.61. The van der Waals surface area contributed by atoms with Crippen molar-refractivity contribution in [1.29, 1.82) is 0 Å². The molecule has 2 heterocycles. The van der Waals surface area contributed by atoms with Crippen LogP contribution in [0.2, 0.25) is 5.02 Å². The van der Waals surface area contributed by atoms with Crippen molar-refractivity contribution < 1.29 is 14.1 Å². The van der Waals surface area contributed by atoms with Crippen molar-refractivity contribution in [2.24, 2.45) is 0 Å². The number of piperazine rings is 1. The first kappa shape index (κ1) is 18.7. The van der Waals surface area contributed by atoms with Crippen LogP contribution in [0.5, 0.6) is 5.75 Å². The van der Waals surface area contributed by atoms with Gasteiger partial charge in [-0.1, -0.05) is 35.8 Å². The Morgan fingerprint density at radius 1 is 1.27 bits per heavy atom. The van der Waals surface area contributed by atoms with Crippen molar-refractivity contribution in [3.63, 3.8) is 0 Å². The van der Waals surface area contributed by atoms with Gasteiger partial charge in [-0.15, -0.1) is 0 Å². The number of hydrogen-bond donors (Lipinski definition) is 0. The van der Waals surface area contributed by atoms with Gasteiger partial charge in [0.1, 0.15) is 23.7 Å². The number of aryl methyl sites for hydroxylation is 2. The molecule has 0 atom stereocenters. The number of carbonyl (C=O) groups excluding carboxylic acids is 1. The summed E-state index contributed by atoms with van der Waals surface area (Å²) >= 11 is 6.09. The summed E-state index contributed by atoms with van der Waals surface area (Å²) in [4.78, 5) is 16.9. The fourth-order valence-electron chi connectivity index (χ4n) is 3.11. The maximum atomic E-state index is 12.8. The largest absolute Gasteiger partial charge is 0.491 e. The van der Waals surface area contributed by atoms with Crippen molar-refractivity contribution in [1.82, 2.24) is 15.0 Å². The van der Waals surface area contributed by atoms with Crippen molar-refractivity contribution in [2.75, 3.05) is 39.3 Å². The number of rotatable bonds is 6. The topological polar surface area (TPSA) is 58.8 Å².